The summed E-state index contributed by atoms with van der Waals surface area (Å²) >= 11 is 1.66. The summed E-state index contributed by atoms with van der Waals surface area (Å²) in [6.07, 6.45) is -9.85. The SMILES string of the molecule is CC(=O)N[C@@H]1CC[C@H](c2cc(SC3OC(COC(C)=O)C(OC(C)=O)C(OC(C)=O)C3OC(C)=O)c(C(=O)Nc3cccc4cccnc34)c(SC3OC(COC(C)=O)C(OC(C)=O)C(OC(C)=O)C3OC(C)=O)c2)c2ccccc21. The van der Waals surface area contributed by atoms with Crippen LogP contribution in [0, 0.1) is 0 Å². The van der Waals surface area contributed by atoms with E-state index in [0.717, 1.165) is 90.0 Å². The van der Waals surface area contributed by atoms with E-state index in [1.54, 1.807) is 48.7 Å². The number of nitrogens with one attached hydrogen (secondary N) is 2. The number of ether oxygens (including phenoxy) is 10. The lowest BCUT2D eigenvalue weighted by atomic mass is 9.76. The molecule has 2 amide bonds. The van der Waals surface area contributed by atoms with E-state index in [4.69, 9.17) is 47.4 Å². The number of fused-ring (bicyclic) bond motifs is 2. The molecule has 1 aliphatic carbocycles. The van der Waals surface area contributed by atoms with Crippen LogP contribution in [-0.4, -0.2) is 137 Å². The molecule has 7 rings (SSSR count). The molecule has 0 saturated carbocycles. The van der Waals surface area contributed by atoms with Gasteiger partial charge in [0.05, 0.1) is 22.8 Å². The largest absolute Gasteiger partial charge is 0.463 e. The summed E-state index contributed by atoms with van der Waals surface area (Å²) < 4.78 is 58.7. The smallest absolute Gasteiger partial charge is 0.303 e. The highest BCUT2D eigenvalue weighted by Gasteiger charge is 2.55. The first-order chi connectivity index (χ1) is 38.5. The Morgan fingerprint density at radius 3 is 1.46 bits per heavy atom. The van der Waals surface area contributed by atoms with Gasteiger partial charge in [-0.25, -0.2) is 0 Å². The molecule has 2 N–H and O–H groups in total. The zero-order chi connectivity index (χ0) is 58.8. The second-order valence-corrected chi connectivity index (χ2v) is 21.4. The van der Waals surface area contributed by atoms with Gasteiger partial charge in [-0.2, -0.15) is 0 Å². The number of hydrogen-bond acceptors (Lipinski definition) is 23. The van der Waals surface area contributed by atoms with Crippen LogP contribution in [0.15, 0.2) is 82.7 Å². The maximum atomic E-state index is 15.8. The zero-order valence-corrected chi connectivity index (χ0v) is 47.2. The number of anilines is 1. The van der Waals surface area contributed by atoms with Crippen LogP contribution in [0.5, 0.6) is 0 Å². The number of benzene rings is 3. The molecule has 2 saturated heterocycles. The monoisotopic (exact) mass is 1160 g/mol. The van der Waals surface area contributed by atoms with Gasteiger partial charge in [-0.15, -0.1) is 0 Å². The van der Waals surface area contributed by atoms with Crippen LogP contribution < -0.4 is 10.6 Å². The fraction of sp³-hybridized carbons (Fsp3) is 0.446. The third-order valence-electron chi connectivity index (χ3n) is 12.8. The summed E-state index contributed by atoms with van der Waals surface area (Å²) in [4.78, 5) is 135. The lowest BCUT2D eigenvalue weighted by Crippen LogP contribution is -2.61. The van der Waals surface area contributed by atoms with Crippen molar-refractivity contribution in [2.24, 2.45) is 0 Å². The number of carbonyl (C=O) groups excluding carboxylic acids is 10. The Kier molecular flexibility index (Phi) is 20.5. The van der Waals surface area contributed by atoms with Crippen LogP contribution in [-0.2, 0) is 90.5 Å². The number of amides is 2. The molecule has 2 fully saturated rings. The number of nitrogens with zero attached hydrogens (tertiary/aromatic N) is 1. The molecule has 23 nitrogen and oxygen atoms in total. The second kappa shape index (κ2) is 27.2. The van der Waals surface area contributed by atoms with Crippen LogP contribution in [0.4, 0.5) is 5.69 Å². The molecule has 25 heteroatoms. The number of para-hydroxylation sites is 1. The molecule has 432 valence electrons. The highest BCUT2D eigenvalue weighted by Crippen LogP contribution is 2.49. The van der Waals surface area contributed by atoms with E-state index in [1.807, 2.05) is 24.3 Å². The lowest BCUT2D eigenvalue weighted by molar-refractivity contribution is -0.237. The van der Waals surface area contributed by atoms with Crippen LogP contribution in [0.3, 0.4) is 0 Å². The normalized spacial score (nSPS) is 24.9. The number of rotatable bonds is 18. The summed E-state index contributed by atoms with van der Waals surface area (Å²) in [5.41, 5.74) is -0.282. The molecule has 3 heterocycles. The fourth-order valence-corrected chi connectivity index (χ4v) is 12.7. The number of hydrogen-bond donors (Lipinski definition) is 2. The molecule has 4 aromatic rings. The van der Waals surface area contributed by atoms with Crippen molar-refractivity contribution in [1.29, 1.82) is 0 Å². The minimum Gasteiger partial charge on any atom is -0.463 e. The molecule has 0 bridgehead atoms. The molecule has 0 spiro atoms. The molecular weight excluding hydrogens is 1100 g/mol. The summed E-state index contributed by atoms with van der Waals surface area (Å²) in [5, 5.41) is 6.70. The third-order valence-corrected chi connectivity index (χ3v) is 15.2. The van der Waals surface area contributed by atoms with Crippen molar-refractivity contribution in [3.8, 4) is 0 Å². The van der Waals surface area contributed by atoms with Crippen LogP contribution in [0.1, 0.15) is 114 Å². The Balaban J connectivity index is 1.52. The van der Waals surface area contributed by atoms with Gasteiger partial charge in [-0.1, -0.05) is 66.0 Å². The highest BCUT2D eigenvalue weighted by molar-refractivity contribution is 8.00. The number of esters is 8. The van der Waals surface area contributed by atoms with Gasteiger partial charge >= 0.3 is 47.8 Å². The summed E-state index contributed by atoms with van der Waals surface area (Å²) in [6, 6.07) is 19.2. The van der Waals surface area contributed by atoms with Crippen molar-refractivity contribution in [3.05, 3.63) is 95.2 Å². The Labute approximate surface area is 473 Å². The first-order valence-corrected chi connectivity index (χ1v) is 27.4. The number of carbonyl (C=O) groups is 10. The zero-order valence-electron chi connectivity index (χ0n) is 45.6. The maximum Gasteiger partial charge on any atom is 0.303 e. The van der Waals surface area contributed by atoms with Crippen molar-refractivity contribution >= 4 is 99.7 Å². The van der Waals surface area contributed by atoms with Crippen molar-refractivity contribution in [2.75, 3.05) is 18.5 Å². The maximum absolute atomic E-state index is 15.8. The molecule has 3 aromatic carbocycles. The van der Waals surface area contributed by atoms with E-state index in [0.29, 0.717) is 29.3 Å². The average Bonchev–Trinajstić information content (AvgIpc) is 3.45. The van der Waals surface area contributed by atoms with Gasteiger partial charge < -0.3 is 58.0 Å². The lowest BCUT2D eigenvalue weighted by Gasteiger charge is -2.44. The predicted molar refractivity (Wildman–Crippen MR) is 286 cm³/mol. The Bertz CT molecular complexity index is 2960. The van der Waals surface area contributed by atoms with Crippen LogP contribution >= 0.6 is 23.5 Å². The van der Waals surface area contributed by atoms with Gasteiger partial charge in [0.2, 0.25) is 5.91 Å². The molecule has 10 unspecified atom stereocenters. The van der Waals surface area contributed by atoms with E-state index in [1.165, 1.54) is 6.92 Å². The fourth-order valence-electron chi connectivity index (χ4n) is 9.96. The Morgan fingerprint density at radius 2 is 0.988 bits per heavy atom. The van der Waals surface area contributed by atoms with E-state index in [2.05, 4.69) is 15.6 Å². The summed E-state index contributed by atoms with van der Waals surface area (Å²) in [6.45, 7) is 9.08. The molecule has 12 atom stereocenters. The number of pyridine rings is 1. The third kappa shape index (κ3) is 15.6. The Morgan fingerprint density at radius 1 is 0.531 bits per heavy atom. The highest BCUT2D eigenvalue weighted by atomic mass is 32.2. The predicted octanol–water partition coefficient (Wildman–Crippen LogP) is 5.94. The topological polar surface area (TPSA) is 300 Å². The molecule has 0 radical (unpaired) electrons. The summed E-state index contributed by atoms with van der Waals surface area (Å²) in [7, 11) is 0. The van der Waals surface area contributed by atoms with E-state index in [9.17, 15) is 43.2 Å². The first kappa shape index (κ1) is 61.0. The first-order valence-electron chi connectivity index (χ1n) is 25.6. The average molecular weight is 1160 g/mol. The summed E-state index contributed by atoms with van der Waals surface area (Å²) in [5.74, 6) is -8.25. The molecule has 3 aliphatic rings. The van der Waals surface area contributed by atoms with Gasteiger partial charge in [-0.05, 0) is 53.8 Å². The van der Waals surface area contributed by atoms with Crippen molar-refractivity contribution in [2.45, 2.75) is 157 Å². The van der Waals surface area contributed by atoms with Crippen molar-refractivity contribution in [3.63, 3.8) is 0 Å². The van der Waals surface area contributed by atoms with Crippen molar-refractivity contribution in [1.82, 2.24) is 10.3 Å². The number of aromatic nitrogens is 1. The minimum atomic E-state index is -1.61. The standard InChI is InChI=1S/C56H61N3O20S2/c1-26(60)58-40-20-19-37(38-16-10-11-17-39(38)40)36-22-44(80-55-52(76-33(8)67)50(74-31(6)65)48(72-29(4)63)42(78-55)24-70-27(2)61)46(54(69)59-41-18-12-14-35-15-13-21-57-47(35)41)45(23-36)81-56-53(77-34(9)68)51(75-32(7)66)49(73-30(5)64)43(79-56)25-71-28(3)62/h10-18,21-23,37,40,42-43,48-53,55-56H,19-20,24-25H2,1-9H3,(H,58,60)(H,59,69)/t37-,40-,42?,43?,48?,49?,50?,51?,52?,53?,55?,56?/m1/s1. The van der Waals surface area contributed by atoms with Gasteiger partial charge in [0.25, 0.3) is 5.91 Å². The second-order valence-electron chi connectivity index (χ2n) is 19.1. The van der Waals surface area contributed by atoms with Gasteiger partial charge in [0.1, 0.15) is 36.3 Å². The van der Waals surface area contributed by atoms with Crippen LogP contribution in [0.25, 0.3) is 10.9 Å². The van der Waals surface area contributed by atoms with Gasteiger partial charge in [0, 0.05) is 89.6 Å². The van der Waals surface area contributed by atoms with Gasteiger partial charge in [-0.3, -0.25) is 52.9 Å². The van der Waals surface area contributed by atoms with E-state index in [-0.39, 0.29) is 33.0 Å². The molecule has 81 heavy (non-hydrogen) atoms. The van der Waals surface area contributed by atoms with E-state index < -0.39 is 132 Å². The number of thioether (sulfide) groups is 2. The van der Waals surface area contributed by atoms with Crippen molar-refractivity contribution < 1.29 is 95.3 Å². The van der Waals surface area contributed by atoms with Crippen LogP contribution in [0.2, 0.25) is 0 Å². The van der Waals surface area contributed by atoms with E-state index >= 15 is 4.79 Å². The quantitative estimate of drug-likeness (QED) is 0.0860. The molecule has 1 aromatic heterocycles. The molecular formula is C56H61N3O20S2. The van der Waals surface area contributed by atoms with Gasteiger partial charge in [0.15, 0.2) is 36.6 Å². The molecule has 2 aliphatic heterocycles. The Hall–Kier alpha value is -7.61. The minimum absolute atomic E-state index is 0.105.